The third kappa shape index (κ3) is 1.35. The minimum atomic E-state index is -0.960. The van der Waals surface area contributed by atoms with Crippen molar-refractivity contribution in [2.75, 3.05) is 0 Å². The predicted octanol–water partition coefficient (Wildman–Crippen LogP) is 1.72. The molecule has 1 saturated carbocycles. The lowest BCUT2D eigenvalue weighted by atomic mass is 10.1. The molecule has 0 amide bonds. The smallest absolute Gasteiger partial charge is 0.305 e. The summed E-state index contributed by atoms with van der Waals surface area (Å²) >= 11 is 0. The quantitative estimate of drug-likeness (QED) is 0.579. The van der Waals surface area contributed by atoms with E-state index in [0.29, 0.717) is 18.4 Å². The van der Waals surface area contributed by atoms with Crippen LogP contribution in [0.5, 0.6) is 0 Å². The standard InChI is InChI=1S/C9H8FNO3/c10-7-2-1-6(9(12)3-4-9)5-8(7)11(13)14/h1-2,5,12H,3-4H2. The first-order valence-electron chi connectivity index (χ1n) is 4.20. The SMILES string of the molecule is O=[N+]([O-])c1cc(C2(O)CC2)ccc1F. The molecular weight excluding hydrogens is 189 g/mol. The topological polar surface area (TPSA) is 63.4 Å². The van der Waals surface area contributed by atoms with Crippen LogP contribution in [0.3, 0.4) is 0 Å². The van der Waals surface area contributed by atoms with Crippen molar-refractivity contribution in [3.8, 4) is 0 Å². The van der Waals surface area contributed by atoms with E-state index >= 15 is 0 Å². The highest BCUT2D eigenvalue weighted by atomic mass is 19.1. The van der Waals surface area contributed by atoms with Crippen LogP contribution in [0.25, 0.3) is 0 Å². The average Bonchev–Trinajstić information content (AvgIpc) is 2.85. The van der Waals surface area contributed by atoms with Gasteiger partial charge in [0.25, 0.3) is 0 Å². The fourth-order valence-electron chi connectivity index (χ4n) is 1.35. The van der Waals surface area contributed by atoms with Crippen LogP contribution in [-0.2, 0) is 5.60 Å². The van der Waals surface area contributed by atoms with Crippen molar-refractivity contribution in [2.45, 2.75) is 18.4 Å². The number of halogens is 1. The maximum absolute atomic E-state index is 12.9. The van der Waals surface area contributed by atoms with Crippen molar-refractivity contribution in [1.82, 2.24) is 0 Å². The largest absolute Gasteiger partial charge is 0.385 e. The zero-order chi connectivity index (χ0) is 10.3. The molecule has 1 aromatic rings. The van der Waals surface area contributed by atoms with Gasteiger partial charge >= 0.3 is 5.69 Å². The Morgan fingerprint density at radius 3 is 2.64 bits per heavy atom. The van der Waals surface area contributed by atoms with E-state index in [4.69, 9.17) is 0 Å². The van der Waals surface area contributed by atoms with Gasteiger partial charge in [-0.1, -0.05) is 6.07 Å². The van der Waals surface area contributed by atoms with Crippen LogP contribution in [0.4, 0.5) is 10.1 Å². The van der Waals surface area contributed by atoms with Crippen molar-refractivity contribution >= 4 is 5.69 Å². The summed E-state index contributed by atoms with van der Waals surface area (Å²) in [6, 6.07) is 3.50. The van der Waals surface area contributed by atoms with E-state index in [2.05, 4.69) is 0 Å². The van der Waals surface area contributed by atoms with Crippen LogP contribution in [-0.4, -0.2) is 10.0 Å². The van der Waals surface area contributed by atoms with E-state index in [9.17, 15) is 19.6 Å². The van der Waals surface area contributed by atoms with Gasteiger partial charge in [0, 0.05) is 6.07 Å². The summed E-state index contributed by atoms with van der Waals surface area (Å²) in [5.41, 5.74) is -1.12. The summed E-state index contributed by atoms with van der Waals surface area (Å²) in [5.74, 6) is -0.872. The molecule has 0 aliphatic heterocycles. The lowest BCUT2D eigenvalue weighted by molar-refractivity contribution is -0.387. The molecule has 4 nitrogen and oxygen atoms in total. The van der Waals surface area contributed by atoms with Crippen LogP contribution in [0, 0.1) is 15.9 Å². The number of hydrogen-bond donors (Lipinski definition) is 1. The Labute approximate surface area is 79.1 Å². The Hall–Kier alpha value is -1.49. The van der Waals surface area contributed by atoms with Crippen LogP contribution < -0.4 is 0 Å². The molecule has 0 heterocycles. The van der Waals surface area contributed by atoms with E-state index in [1.807, 2.05) is 0 Å². The second-order valence-corrected chi connectivity index (χ2v) is 3.45. The highest BCUT2D eigenvalue weighted by molar-refractivity contribution is 5.40. The van der Waals surface area contributed by atoms with Crippen molar-refractivity contribution in [3.05, 3.63) is 39.7 Å². The van der Waals surface area contributed by atoms with Gasteiger partial charge in [0.1, 0.15) is 0 Å². The maximum atomic E-state index is 12.9. The van der Waals surface area contributed by atoms with Gasteiger partial charge in [-0.15, -0.1) is 0 Å². The van der Waals surface area contributed by atoms with Crippen LogP contribution in [0.15, 0.2) is 18.2 Å². The molecule has 0 radical (unpaired) electrons. The molecule has 1 aromatic carbocycles. The average molecular weight is 197 g/mol. The molecule has 1 aliphatic carbocycles. The number of nitro groups is 1. The van der Waals surface area contributed by atoms with Gasteiger partial charge in [-0.3, -0.25) is 10.1 Å². The Kier molecular flexibility index (Phi) is 1.78. The van der Waals surface area contributed by atoms with E-state index in [-0.39, 0.29) is 0 Å². The molecule has 0 saturated heterocycles. The first kappa shape index (κ1) is 9.08. The third-order valence-corrected chi connectivity index (χ3v) is 2.40. The van der Waals surface area contributed by atoms with Crippen molar-refractivity contribution < 1.29 is 14.4 Å². The second-order valence-electron chi connectivity index (χ2n) is 3.45. The Bertz CT molecular complexity index is 401. The summed E-state index contributed by atoms with van der Waals surface area (Å²) in [6.45, 7) is 0. The molecular formula is C9H8FNO3. The molecule has 0 spiro atoms. The molecule has 0 atom stereocenters. The van der Waals surface area contributed by atoms with E-state index in [1.165, 1.54) is 6.07 Å². The lowest BCUT2D eigenvalue weighted by Gasteiger charge is -2.06. The zero-order valence-corrected chi connectivity index (χ0v) is 7.24. The number of benzene rings is 1. The van der Waals surface area contributed by atoms with Gasteiger partial charge in [0.2, 0.25) is 5.82 Å². The highest BCUT2D eigenvalue weighted by Crippen LogP contribution is 2.46. The van der Waals surface area contributed by atoms with E-state index < -0.39 is 22.0 Å². The summed E-state index contributed by atoms with van der Waals surface area (Å²) in [5, 5.41) is 20.1. The van der Waals surface area contributed by atoms with Gasteiger partial charge in [0.05, 0.1) is 10.5 Å². The van der Waals surface area contributed by atoms with Crippen LogP contribution >= 0.6 is 0 Å². The van der Waals surface area contributed by atoms with Crippen LogP contribution in [0.2, 0.25) is 0 Å². The first-order valence-corrected chi connectivity index (χ1v) is 4.20. The minimum absolute atomic E-state index is 0.422. The normalized spacial score (nSPS) is 17.9. The van der Waals surface area contributed by atoms with Gasteiger partial charge in [-0.25, -0.2) is 0 Å². The Morgan fingerprint density at radius 2 is 2.14 bits per heavy atom. The fourth-order valence-corrected chi connectivity index (χ4v) is 1.35. The molecule has 0 aromatic heterocycles. The number of nitro benzene ring substituents is 1. The third-order valence-electron chi connectivity index (χ3n) is 2.40. The number of rotatable bonds is 2. The maximum Gasteiger partial charge on any atom is 0.305 e. The van der Waals surface area contributed by atoms with Gasteiger partial charge in [0.15, 0.2) is 0 Å². The second kappa shape index (κ2) is 2.75. The molecule has 1 aliphatic rings. The summed E-state index contributed by atoms with van der Waals surface area (Å²) in [7, 11) is 0. The number of aliphatic hydroxyl groups is 1. The predicted molar refractivity (Wildman–Crippen MR) is 46.2 cm³/mol. The molecule has 0 unspecified atom stereocenters. The zero-order valence-electron chi connectivity index (χ0n) is 7.24. The molecule has 14 heavy (non-hydrogen) atoms. The monoisotopic (exact) mass is 197 g/mol. The fraction of sp³-hybridized carbons (Fsp3) is 0.333. The van der Waals surface area contributed by atoms with Crippen molar-refractivity contribution in [3.63, 3.8) is 0 Å². The van der Waals surface area contributed by atoms with Gasteiger partial charge in [-0.05, 0) is 24.5 Å². The molecule has 1 fully saturated rings. The van der Waals surface area contributed by atoms with Gasteiger partial charge in [-0.2, -0.15) is 4.39 Å². The summed E-state index contributed by atoms with van der Waals surface area (Å²) in [6.07, 6.45) is 1.16. The Balaban J connectivity index is 2.46. The van der Waals surface area contributed by atoms with Gasteiger partial charge < -0.3 is 5.11 Å². The van der Waals surface area contributed by atoms with Crippen molar-refractivity contribution in [1.29, 1.82) is 0 Å². The molecule has 0 bridgehead atoms. The molecule has 1 N–H and O–H groups in total. The minimum Gasteiger partial charge on any atom is -0.385 e. The lowest BCUT2D eigenvalue weighted by Crippen LogP contribution is -2.05. The first-order chi connectivity index (χ1) is 6.53. The summed E-state index contributed by atoms with van der Waals surface area (Å²) < 4.78 is 12.9. The Morgan fingerprint density at radius 1 is 1.50 bits per heavy atom. The summed E-state index contributed by atoms with van der Waals surface area (Å²) in [4.78, 5) is 9.62. The number of nitrogens with zero attached hydrogens (tertiary/aromatic N) is 1. The molecule has 74 valence electrons. The van der Waals surface area contributed by atoms with Crippen LogP contribution in [0.1, 0.15) is 18.4 Å². The van der Waals surface area contributed by atoms with E-state index in [0.717, 1.165) is 12.1 Å². The highest BCUT2D eigenvalue weighted by Gasteiger charge is 2.43. The van der Waals surface area contributed by atoms with Crippen molar-refractivity contribution in [2.24, 2.45) is 0 Å². The van der Waals surface area contributed by atoms with E-state index in [1.54, 1.807) is 0 Å². The molecule has 5 heteroatoms. The molecule has 2 rings (SSSR count). The number of hydrogen-bond acceptors (Lipinski definition) is 3.